The third-order valence-corrected chi connectivity index (χ3v) is 4.95. The highest BCUT2D eigenvalue weighted by atomic mass is 35.6. The fraction of sp³-hybridized carbons (Fsp3) is 0.923. The molecule has 2 bridgehead atoms. The van der Waals surface area contributed by atoms with Crippen molar-refractivity contribution in [2.45, 2.75) is 73.5 Å². The van der Waals surface area contributed by atoms with Crippen molar-refractivity contribution in [1.29, 1.82) is 0 Å². The molecule has 4 nitrogen and oxygen atoms in total. The first-order chi connectivity index (χ1) is 8.93. The summed E-state index contributed by atoms with van der Waals surface area (Å²) in [5, 5.41) is 10.5. The number of nitrogens with zero attached hydrogens (tertiary/aromatic N) is 1. The number of alkyl halides is 3. The molecule has 0 spiro atoms. The minimum absolute atomic E-state index is 0.135. The van der Waals surface area contributed by atoms with Gasteiger partial charge >= 0.3 is 6.09 Å². The molecule has 7 heteroatoms. The van der Waals surface area contributed by atoms with E-state index in [0.29, 0.717) is 0 Å². The van der Waals surface area contributed by atoms with Gasteiger partial charge in [0.05, 0.1) is 0 Å². The Morgan fingerprint density at radius 2 is 1.65 bits per heavy atom. The average molecular weight is 345 g/mol. The van der Waals surface area contributed by atoms with Gasteiger partial charge in [0, 0.05) is 24.9 Å². The Balaban J connectivity index is 2.14. The Hall–Kier alpha value is 0.1000. The van der Waals surface area contributed by atoms with E-state index < -0.39 is 15.0 Å². The third kappa shape index (κ3) is 3.13. The molecule has 0 aromatic carbocycles. The predicted octanol–water partition coefficient (Wildman–Crippen LogP) is 3.65. The summed E-state index contributed by atoms with van der Waals surface area (Å²) in [6, 6.07) is -0.270. The van der Waals surface area contributed by atoms with Gasteiger partial charge in [0.2, 0.25) is 3.79 Å². The van der Waals surface area contributed by atoms with Crippen LogP contribution in [-0.2, 0) is 4.74 Å². The van der Waals surface area contributed by atoms with Crippen molar-refractivity contribution in [3.63, 3.8) is 0 Å². The number of hydrogen-bond donors (Lipinski definition) is 1. The largest absolute Gasteiger partial charge is 0.444 e. The summed E-state index contributed by atoms with van der Waals surface area (Å²) in [7, 11) is 0. The lowest BCUT2D eigenvalue weighted by molar-refractivity contribution is -0.0562. The van der Waals surface area contributed by atoms with Crippen molar-refractivity contribution < 1.29 is 14.6 Å². The highest BCUT2D eigenvalue weighted by Crippen LogP contribution is 2.51. The average Bonchev–Trinajstić information content (AvgIpc) is 2.48. The maximum absolute atomic E-state index is 12.3. The molecule has 20 heavy (non-hydrogen) atoms. The predicted molar refractivity (Wildman–Crippen MR) is 79.4 cm³/mol. The van der Waals surface area contributed by atoms with Crippen LogP contribution in [0.4, 0.5) is 4.79 Å². The van der Waals surface area contributed by atoms with E-state index >= 15 is 0 Å². The summed E-state index contributed by atoms with van der Waals surface area (Å²) in [4.78, 5) is 14.0. The van der Waals surface area contributed by atoms with E-state index in [1.165, 1.54) is 0 Å². The number of piperidine rings is 1. The van der Waals surface area contributed by atoms with Gasteiger partial charge in [0.25, 0.3) is 0 Å². The fourth-order valence-electron chi connectivity index (χ4n) is 3.07. The van der Waals surface area contributed by atoms with Crippen molar-refractivity contribution in [2.24, 2.45) is 0 Å². The molecule has 2 saturated heterocycles. The van der Waals surface area contributed by atoms with Crippen LogP contribution >= 0.6 is 34.8 Å². The standard InChI is InChI=1S/C13H20Cl3NO3/c1-11(2,3)20-10(18)17-8-4-5-9(17)7-12(19,6-8)13(14,15)16/h8-9,19H,4-7H2,1-3H3. The third-order valence-electron chi connectivity index (χ3n) is 3.90. The van der Waals surface area contributed by atoms with Crippen LogP contribution in [0.15, 0.2) is 0 Å². The highest BCUT2D eigenvalue weighted by Gasteiger charge is 2.57. The maximum Gasteiger partial charge on any atom is 0.410 e. The van der Waals surface area contributed by atoms with Gasteiger partial charge < -0.3 is 14.7 Å². The van der Waals surface area contributed by atoms with E-state index in [4.69, 9.17) is 39.5 Å². The number of aliphatic hydroxyl groups is 1. The first kappa shape index (κ1) is 16.5. The van der Waals surface area contributed by atoms with Crippen molar-refractivity contribution in [1.82, 2.24) is 4.90 Å². The first-order valence-corrected chi connectivity index (χ1v) is 7.87. The number of halogens is 3. The number of carbonyl (C=O) groups excluding carboxylic acids is 1. The number of amides is 1. The fourth-order valence-corrected chi connectivity index (χ4v) is 3.53. The molecule has 0 aromatic heterocycles. The molecule has 2 rings (SSSR count). The molecule has 2 fully saturated rings. The van der Waals surface area contributed by atoms with Crippen molar-refractivity contribution in [3.05, 3.63) is 0 Å². The minimum Gasteiger partial charge on any atom is -0.444 e. The van der Waals surface area contributed by atoms with Crippen molar-refractivity contribution in [3.8, 4) is 0 Å². The Bertz CT molecular complexity index is 389. The lowest BCUT2D eigenvalue weighted by atomic mass is 9.87. The van der Waals surface area contributed by atoms with Crippen LogP contribution < -0.4 is 0 Å². The molecule has 1 N–H and O–H groups in total. The first-order valence-electron chi connectivity index (χ1n) is 6.73. The molecular formula is C13H20Cl3NO3. The number of rotatable bonds is 0. The molecule has 2 aliphatic rings. The van der Waals surface area contributed by atoms with E-state index in [0.717, 1.165) is 12.8 Å². The maximum atomic E-state index is 12.3. The van der Waals surface area contributed by atoms with Crippen LogP contribution in [0.5, 0.6) is 0 Å². The highest BCUT2D eigenvalue weighted by molar-refractivity contribution is 6.68. The van der Waals surface area contributed by atoms with E-state index in [1.54, 1.807) is 4.90 Å². The molecule has 2 aliphatic heterocycles. The van der Waals surface area contributed by atoms with Gasteiger partial charge in [0.15, 0.2) is 0 Å². The second kappa shape index (κ2) is 5.08. The molecule has 2 unspecified atom stereocenters. The van der Waals surface area contributed by atoms with E-state index in [9.17, 15) is 9.90 Å². The van der Waals surface area contributed by atoms with Gasteiger partial charge in [-0.05, 0) is 33.6 Å². The summed E-state index contributed by atoms with van der Waals surface area (Å²) < 4.78 is 3.68. The molecule has 2 heterocycles. The van der Waals surface area contributed by atoms with Gasteiger partial charge in [-0.15, -0.1) is 0 Å². The second-order valence-electron chi connectivity index (χ2n) is 6.71. The molecule has 0 saturated carbocycles. The Morgan fingerprint density at radius 1 is 1.20 bits per heavy atom. The zero-order chi connectivity index (χ0) is 15.3. The lowest BCUT2D eigenvalue weighted by Crippen LogP contribution is -2.58. The van der Waals surface area contributed by atoms with Gasteiger partial charge in [-0.1, -0.05) is 34.8 Å². The molecule has 0 aliphatic carbocycles. The Morgan fingerprint density at radius 3 is 2.00 bits per heavy atom. The molecule has 0 radical (unpaired) electrons. The summed E-state index contributed by atoms with van der Waals surface area (Å²) in [6.07, 6.45) is 1.77. The van der Waals surface area contributed by atoms with Crippen LogP contribution in [0.1, 0.15) is 46.5 Å². The van der Waals surface area contributed by atoms with Gasteiger partial charge in [-0.25, -0.2) is 4.79 Å². The SMILES string of the molecule is CC(C)(C)OC(=O)N1C2CCC1CC(O)(C(Cl)(Cl)Cl)C2. The Labute approximate surface area is 134 Å². The topological polar surface area (TPSA) is 49.8 Å². The zero-order valence-electron chi connectivity index (χ0n) is 11.8. The number of ether oxygens (including phenoxy) is 1. The Kier molecular flexibility index (Phi) is 4.18. The molecular weight excluding hydrogens is 325 g/mol. The number of fused-ring (bicyclic) bond motifs is 2. The van der Waals surface area contributed by atoms with Crippen LogP contribution in [-0.4, -0.2) is 43.2 Å². The van der Waals surface area contributed by atoms with E-state index in [1.807, 2.05) is 20.8 Å². The number of carbonyl (C=O) groups is 1. The number of hydrogen-bond acceptors (Lipinski definition) is 3. The van der Waals surface area contributed by atoms with Crippen molar-refractivity contribution >= 4 is 40.9 Å². The summed E-state index contributed by atoms with van der Waals surface area (Å²) >= 11 is 17.7. The van der Waals surface area contributed by atoms with Gasteiger partial charge in [-0.3, -0.25) is 0 Å². The van der Waals surface area contributed by atoms with Crippen LogP contribution in [0.2, 0.25) is 0 Å². The van der Waals surface area contributed by atoms with Gasteiger partial charge in [-0.2, -0.15) is 0 Å². The van der Waals surface area contributed by atoms with Crippen LogP contribution in [0.3, 0.4) is 0 Å². The zero-order valence-corrected chi connectivity index (χ0v) is 14.1. The second-order valence-corrected chi connectivity index (χ2v) is 8.99. The summed E-state index contributed by atoms with van der Waals surface area (Å²) in [5.41, 5.74) is -1.93. The normalized spacial score (nSPS) is 34.2. The monoisotopic (exact) mass is 343 g/mol. The summed E-state index contributed by atoms with van der Waals surface area (Å²) in [5.74, 6) is 0. The smallest absolute Gasteiger partial charge is 0.410 e. The van der Waals surface area contributed by atoms with Crippen LogP contribution in [0.25, 0.3) is 0 Å². The molecule has 0 aromatic rings. The van der Waals surface area contributed by atoms with E-state index in [-0.39, 0.29) is 31.0 Å². The molecule has 1 amide bonds. The summed E-state index contributed by atoms with van der Waals surface area (Å²) in [6.45, 7) is 5.48. The van der Waals surface area contributed by atoms with E-state index in [2.05, 4.69) is 0 Å². The van der Waals surface area contributed by atoms with Gasteiger partial charge in [0.1, 0.15) is 11.2 Å². The quantitative estimate of drug-likeness (QED) is 0.682. The molecule has 2 atom stereocenters. The molecule has 116 valence electrons. The van der Waals surface area contributed by atoms with Crippen LogP contribution in [0, 0.1) is 0 Å². The minimum atomic E-state index is -1.74. The van der Waals surface area contributed by atoms with Crippen molar-refractivity contribution in [2.75, 3.05) is 0 Å². The lowest BCUT2D eigenvalue weighted by Gasteiger charge is -2.46.